The van der Waals surface area contributed by atoms with Gasteiger partial charge in [0.2, 0.25) is 0 Å². The highest BCUT2D eigenvalue weighted by molar-refractivity contribution is 6.31. The molecule has 3 nitrogen and oxygen atoms in total. The lowest BCUT2D eigenvalue weighted by molar-refractivity contribution is 0.625. The molecule has 0 radical (unpaired) electrons. The summed E-state index contributed by atoms with van der Waals surface area (Å²) >= 11 is 6.30. The second kappa shape index (κ2) is 7.22. The Morgan fingerprint density at radius 2 is 1.62 bits per heavy atom. The molecule has 2 heterocycles. The number of halogens is 2. The second-order valence-corrected chi connectivity index (χ2v) is 7.20. The van der Waals surface area contributed by atoms with Gasteiger partial charge in [-0.2, -0.15) is 0 Å². The molecule has 0 spiro atoms. The molecular weight excluding hydrogens is 385 g/mol. The van der Waals surface area contributed by atoms with E-state index in [1.165, 1.54) is 6.07 Å². The maximum absolute atomic E-state index is 14.6. The van der Waals surface area contributed by atoms with E-state index in [0.29, 0.717) is 28.7 Å². The Morgan fingerprint density at radius 3 is 2.45 bits per heavy atom. The maximum Gasteiger partial charge on any atom is 0.159 e. The van der Waals surface area contributed by atoms with E-state index < -0.39 is 0 Å². The van der Waals surface area contributed by atoms with Crippen molar-refractivity contribution in [1.29, 1.82) is 0 Å². The fourth-order valence-electron chi connectivity index (χ4n) is 3.53. The topological polar surface area (TPSA) is 38.1 Å². The van der Waals surface area contributed by atoms with Crippen LogP contribution in [0.3, 0.4) is 0 Å². The lowest BCUT2D eigenvalue weighted by atomic mass is 9.95. The van der Waals surface area contributed by atoms with E-state index in [1.54, 1.807) is 24.4 Å². The summed E-state index contributed by atoms with van der Waals surface area (Å²) in [6, 6.07) is 22.0. The zero-order valence-electron chi connectivity index (χ0n) is 15.3. The third-order valence-corrected chi connectivity index (χ3v) is 5.16. The Bertz CT molecular complexity index is 1250. The SMILES string of the molecule is Fc1ccccc1C1=NCc2cnc(-c3ccccc3)nc2-c2ccc(Cl)cc21. The summed E-state index contributed by atoms with van der Waals surface area (Å²) in [7, 11) is 0. The molecule has 0 amide bonds. The van der Waals surface area contributed by atoms with Crippen LogP contribution in [0.4, 0.5) is 4.39 Å². The zero-order chi connectivity index (χ0) is 19.8. The van der Waals surface area contributed by atoms with Gasteiger partial charge in [0.1, 0.15) is 5.82 Å². The van der Waals surface area contributed by atoms with Crippen LogP contribution in [-0.2, 0) is 6.54 Å². The Balaban J connectivity index is 1.73. The van der Waals surface area contributed by atoms with Crippen LogP contribution in [0.15, 0.2) is 84.0 Å². The number of hydrogen-bond acceptors (Lipinski definition) is 3. The first-order chi connectivity index (χ1) is 14.2. The lowest BCUT2D eigenvalue weighted by Gasteiger charge is -2.12. The van der Waals surface area contributed by atoms with Crippen LogP contribution in [-0.4, -0.2) is 15.7 Å². The minimum Gasteiger partial charge on any atom is -0.279 e. The summed E-state index contributed by atoms with van der Waals surface area (Å²) in [6.45, 7) is 0.361. The first-order valence-electron chi connectivity index (χ1n) is 9.22. The molecule has 0 saturated carbocycles. The second-order valence-electron chi connectivity index (χ2n) is 6.77. The minimum atomic E-state index is -0.320. The Labute approximate surface area is 172 Å². The van der Waals surface area contributed by atoms with Crippen LogP contribution < -0.4 is 0 Å². The molecule has 29 heavy (non-hydrogen) atoms. The molecule has 140 valence electrons. The van der Waals surface area contributed by atoms with Crippen molar-refractivity contribution in [2.24, 2.45) is 4.99 Å². The van der Waals surface area contributed by atoms with E-state index in [4.69, 9.17) is 21.6 Å². The molecule has 0 bridgehead atoms. The van der Waals surface area contributed by atoms with Gasteiger partial charge in [0, 0.05) is 39.0 Å². The zero-order valence-corrected chi connectivity index (χ0v) is 16.1. The fraction of sp³-hybridized carbons (Fsp3) is 0.0417. The molecule has 5 rings (SSSR count). The Hall–Kier alpha value is -3.37. The smallest absolute Gasteiger partial charge is 0.159 e. The molecule has 5 heteroatoms. The summed E-state index contributed by atoms with van der Waals surface area (Å²) in [6.07, 6.45) is 1.80. The maximum atomic E-state index is 14.6. The van der Waals surface area contributed by atoms with Gasteiger partial charge in [-0.1, -0.05) is 60.1 Å². The molecule has 1 aliphatic rings. The highest BCUT2D eigenvalue weighted by Crippen LogP contribution is 2.34. The van der Waals surface area contributed by atoms with Crippen molar-refractivity contribution in [1.82, 2.24) is 9.97 Å². The quantitative estimate of drug-likeness (QED) is 0.417. The Kier molecular flexibility index (Phi) is 4.41. The van der Waals surface area contributed by atoms with Gasteiger partial charge in [0.05, 0.1) is 18.0 Å². The summed E-state index contributed by atoms with van der Waals surface area (Å²) < 4.78 is 14.6. The van der Waals surface area contributed by atoms with Crippen molar-refractivity contribution in [3.8, 4) is 22.6 Å². The van der Waals surface area contributed by atoms with Crippen LogP contribution in [0.2, 0.25) is 5.02 Å². The molecular formula is C24H15ClFN3. The largest absolute Gasteiger partial charge is 0.279 e. The summed E-state index contributed by atoms with van der Waals surface area (Å²) in [5.41, 5.74) is 5.26. The van der Waals surface area contributed by atoms with E-state index in [9.17, 15) is 4.39 Å². The van der Waals surface area contributed by atoms with E-state index in [2.05, 4.69) is 4.98 Å². The highest BCUT2D eigenvalue weighted by Gasteiger charge is 2.23. The van der Waals surface area contributed by atoms with E-state index in [1.807, 2.05) is 48.5 Å². The normalized spacial score (nSPS) is 12.6. The summed E-state index contributed by atoms with van der Waals surface area (Å²) in [5.74, 6) is 0.318. The molecule has 0 N–H and O–H groups in total. The number of rotatable bonds is 2. The number of aliphatic imine (C=N–C) groups is 1. The minimum absolute atomic E-state index is 0.320. The number of fused-ring (bicyclic) bond motifs is 3. The average molecular weight is 400 g/mol. The first-order valence-corrected chi connectivity index (χ1v) is 9.59. The van der Waals surface area contributed by atoms with Gasteiger partial charge >= 0.3 is 0 Å². The van der Waals surface area contributed by atoms with Gasteiger partial charge < -0.3 is 0 Å². The number of aromatic nitrogens is 2. The standard InChI is InChI=1S/C24H15ClFN3/c25-17-10-11-18-20(12-17)23(19-8-4-5-9-21(19)26)27-13-16-14-28-24(29-22(16)18)15-6-2-1-3-7-15/h1-12,14H,13H2. The molecule has 0 aliphatic carbocycles. The van der Waals surface area contributed by atoms with Crippen molar-refractivity contribution in [3.63, 3.8) is 0 Å². The molecule has 0 atom stereocenters. The van der Waals surface area contributed by atoms with Gasteiger partial charge in [-0.15, -0.1) is 0 Å². The number of hydrogen-bond donors (Lipinski definition) is 0. The van der Waals surface area contributed by atoms with Crippen molar-refractivity contribution in [2.45, 2.75) is 6.54 Å². The molecule has 3 aromatic carbocycles. The molecule has 4 aromatic rings. The van der Waals surface area contributed by atoms with Gasteiger partial charge in [-0.05, 0) is 24.3 Å². The highest BCUT2D eigenvalue weighted by atomic mass is 35.5. The lowest BCUT2D eigenvalue weighted by Crippen LogP contribution is -2.07. The van der Waals surface area contributed by atoms with E-state index in [-0.39, 0.29) is 5.82 Å². The van der Waals surface area contributed by atoms with Gasteiger partial charge in [-0.3, -0.25) is 4.99 Å². The van der Waals surface area contributed by atoms with Gasteiger partial charge in [0.15, 0.2) is 5.82 Å². The molecule has 1 aliphatic heterocycles. The number of benzene rings is 3. The monoisotopic (exact) mass is 399 g/mol. The molecule has 1 aromatic heterocycles. The van der Waals surface area contributed by atoms with Crippen LogP contribution in [0, 0.1) is 5.82 Å². The predicted octanol–water partition coefficient (Wildman–Crippen LogP) is 5.95. The van der Waals surface area contributed by atoms with Crippen molar-refractivity contribution < 1.29 is 4.39 Å². The molecule has 0 fully saturated rings. The third kappa shape index (κ3) is 3.22. The van der Waals surface area contributed by atoms with Crippen LogP contribution in [0.25, 0.3) is 22.6 Å². The predicted molar refractivity (Wildman–Crippen MR) is 114 cm³/mol. The first kappa shape index (κ1) is 17.7. The summed E-state index contributed by atoms with van der Waals surface area (Å²) in [5, 5.41) is 0.563. The van der Waals surface area contributed by atoms with Crippen LogP contribution >= 0.6 is 11.6 Å². The van der Waals surface area contributed by atoms with Crippen molar-refractivity contribution in [3.05, 3.63) is 107 Å². The van der Waals surface area contributed by atoms with Crippen LogP contribution in [0.5, 0.6) is 0 Å². The van der Waals surface area contributed by atoms with Gasteiger partial charge in [0.25, 0.3) is 0 Å². The Morgan fingerprint density at radius 1 is 0.828 bits per heavy atom. The van der Waals surface area contributed by atoms with E-state index >= 15 is 0 Å². The summed E-state index contributed by atoms with van der Waals surface area (Å²) in [4.78, 5) is 14.1. The van der Waals surface area contributed by atoms with E-state index in [0.717, 1.165) is 27.9 Å². The van der Waals surface area contributed by atoms with Gasteiger partial charge in [-0.25, -0.2) is 14.4 Å². The molecule has 0 unspecified atom stereocenters. The fourth-order valence-corrected chi connectivity index (χ4v) is 3.71. The molecule has 0 saturated heterocycles. The average Bonchev–Trinajstić information content (AvgIpc) is 2.91. The van der Waals surface area contributed by atoms with Crippen LogP contribution in [0.1, 0.15) is 16.7 Å². The third-order valence-electron chi connectivity index (χ3n) is 4.92. The van der Waals surface area contributed by atoms with Crippen molar-refractivity contribution >= 4 is 17.3 Å². The van der Waals surface area contributed by atoms with Crippen molar-refractivity contribution in [2.75, 3.05) is 0 Å². The number of nitrogens with zero attached hydrogens (tertiary/aromatic N) is 3.